The van der Waals surface area contributed by atoms with E-state index in [0.717, 1.165) is 18.4 Å². The summed E-state index contributed by atoms with van der Waals surface area (Å²) in [5.74, 6) is -0.167. The van der Waals surface area contributed by atoms with Crippen LogP contribution in [0.1, 0.15) is 50.6 Å². The van der Waals surface area contributed by atoms with Gasteiger partial charge in [-0.05, 0) is 44.2 Å². The van der Waals surface area contributed by atoms with Crippen molar-refractivity contribution in [2.45, 2.75) is 56.3 Å². The molecule has 2 aliphatic carbocycles. The molecule has 9 nitrogen and oxygen atoms in total. The Hall–Kier alpha value is -3.05. The maximum atomic E-state index is 12.9. The lowest BCUT2D eigenvalue weighted by Gasteiger charge is -2.13. The summed E-state index contributed by atoms with van der Waals surface area (Å²) >= 11 is 1.19. The molecular weight excluding hydrogens is 474 g/mol. The first-order valence-electron chi connectivity index (χ1n) is 11.3. The summed E-state index contributed by atoms with van der Waals surface area (Å²) in [4.78, 5) is 26.0. The minimum Gasteiger partial charge on any atom is -0.473 e. The van der Waals surface area contributed by atoms with Crippen molar-refractivity contribution in [3.05, 3.63) is 47.7 Å². The van der Waals surface area contributed by atoms with Gasteiger partial charge in [0.05, 0.1) is 34.9 Å². The summed E-state index contributed by atoms with van der Waals surface area (Å²) in [5.41, 5.74) is 2.77. The van der Waals surface area contributed by atoms with Crippen molar-refractivity contribution in [1.29, 1.82) is 0 Å². The van der Waals surface area contributed by atoms with E-state index in [1.807, 2.05) is 31.2 Å². The molecule has 178 valence electrons. The summed E-state index contributed by atoms with van der Waals surface area (Å²) in [6.45, 7) is 1.90. The maximum Gasteiger partial charge on any atom is 0.237 e. The SMILES string of the molecule is CCC(C(=O)Nc1ccc(-c2cncc(OC3CC3)n2)cc1)c1csc(NS(=O)(=O)C2CC2)n1. The Balaban J connectivity index is 1.23. The number of nitrogens with zero attached hydrogens (tertiary/aromatic N) is 3. The average Bonchev–Trinajstić information content (AvgIpc) is 3.75. The Morgan fingerprint density at radius 3 is 2.59 bits per heavy atom. The van der Waals surface area contributed by atoms with Crippen LogP contribution < -0.4 is 14.8 Å². The number of amides is 1. The second-order valence-corrected chi connectivity index (χ2v) is 11.3. The molecule has 0 radical (unpaired) electrons. The zero-order valence-electron chi connectivity index (χ0n) is 18.6. The molecule has 34 heavy (non-hydrogen) atoms. The van der Waals surface area contributed by atoms with Gasteiger partial charge in [0.2, 0.25) is 21.8 Å². The van der Waals surface area contributed by atoms with Crippen LogP contribution in [0.5, 0.6) is 5.88 Å². The van der Waals surface area contributed by atoms with Gasteiger partial charge in [-0.1, -0.05) is 19.1 Å². The highest BCUT2D eigenvalue weighted by Crippen LogP contribution is 2.32. The number of anilines is 2. The first kappa shape index (κ1) is 22.7. The number of hydrogen-bond acceptors (Lipinski definition) is 8. The largest absolute Gasteiger partial charge is 0.473 e. The van der Waals surface area contributed by atoms with Crippen LogP contribution in [0.3, 0.4) is 0 Å². The molecular formula is C23H25N5O4S2. The summed E-state index contributed by atoms with van der Waals surface area (Å²) < 4.78 is 32.5. The van der Waals surface area contributed by atoms with Crippen LogP contribution in [0.25, 0.3) is 11.3 Å². The lowest BCUT2D eigenvalue weighted by atomic mass is 10.0. The van der Waals surface area contributed by atoms with Crippen LogP contribution in [0.4, 0.5) is 10.8 Å². The molecule has 1 aromatic carbocycles. The van der Waals surface area contributed by atoms with E-state index in [9.17, 15) is 13.2 Å². The fourth-order valence-corrected chi connectivity index (χ4v) is 5.82. The van der Waals surface area contributed by atoms with E-state index in [2.05, 4.69) is 25.0 Å². The number of hydrogen-bond donors (Lipinski definition) is 2. The van der Waals surface area contributed by atoms with Crippen LogP contribution in [-0.4, -0.2) is 40.6 Å². The first-order chi connectivity index (χ1) is 16.4. The van der Waals surface area contributed by atoms with Gasteiger partial charge < -0.3 is 10.1 Å². The molecule has 0 aliphatic heterocycles. The number of carbonyl (C=O) groups is 1. The Labute approximate surface area is 202 Å². The Bertz CT molecular complexity index is 1280. The van der Waals surface area contributed by atoms with Gasteiger partial charge in [-0.15, -0.1) is 11.3 Å². The van der Waals surface area contributed by atoms with Gasteiger partial charge in [0.25, 0.3) is 0 Å². The van der Waals surface area contributed by atoms with E-state index in [-0.39, 0.29) is 17.3 Å². The fourth-order valence-electron chi connectivity index (χ4n) is 3.46. The van der Waals surface area contributed by atoms with Crippen LogP contribution in [0.2, 0.25) is 0 Å². The van der Waals surface area contributed by atoms with Gasteiger partial charge in [-0.3, -0.25) is 14.5 Å². The van der Waals surface area contributed by atoms with Crippen molar-refractivity contribution in [2.75, 3.05) is 10.0 Å². The zero-order valence-corrected chi connectivity index (χ0v) is 20.2. The van der Waals surface area contributed by atoms with Gasteiger partial charge in [0.1, 0.15) is 6.10 Å². The third-order valence-electron chi connectivity index (χ3n) is 5.67. The van der Waals surface area contributed by atoms with Crippen molar-refractivity contribution in [3.8, 4) is 17.1 Å². The van der Waals surface area contributed by atoms with Crippen LogP contribution in [0.15, 0.2) is 42.0 Å². The quantitative estimate of drug-likeness (QED) is 0.429. The second kappa shape index (κ2) is 9.30. The van der Waals surface area contributed by atoms with Gasteiger partial charge in [-0.2, -0.15) is 0 Å². The molecule has 2 N–H and O–H groups in total. The van der Waals surface area contributed by atoms with E-state index in [4.69, 9.17) is 4.74 Å². The van der Waals surface area contributed by atoms with Gasteiger partial charge in [-0.25, -0.2) is 18.4 Å². The fraction of sp³-hybridized carbons (Fsp3) is 0.391. The predicted octanol–water partition coefficient (Wildman–Crippen LogP) is 4.18. The zero-order chi connectivity index (χ0) is 23.7. The van der Waals surface area contributed by atoms with Crippen molar-refractivity contribution in [3.63, 3.8) is 0 Å². The molecule has 2 saturated carbocycles. The average molecular weight is 500 g/mol. The summed E-state index contributed by atoms with van der Waals surface area (Å²) in [6.07, 6.45) is 7.54. The first-order valence-corrected chi connectivity index (χ1v) is 13.7. The van der Waals surface area contributed by atoms with Gasteiger partial charge >= 0.3 is 0 Å². The summed E-state index contributed by atoms with van der Waals surface area (Å²) in [7, 11) is -3.38. The smallest absolute Gasteiger partial charge is 0.237 e. The molecule has 11 heteroatoms. The highest BCUT2D eigenvalue weighted by Gasteiger charge is 2.36. The van der Waals surface area contributed by atoms with E-state index in [1.54, 1.807) is 17.8 Å². The Kier molecular flexibility index (Phi) is 6.22. The Morgan fingerprint density at radius 2 is 1.91 bits per heavy atom. The maximum absolute atomic E-state index is 12.9. The molecule has 0 spiro atoms. The molecule has 5 rings (SSSR count). The molecule has 1 unspecified atom stereocenters. The standard InChI is InChI=1S/C23H25N5O4S2/c1-2-18(20-13-33-23(27-20)28-34(30,31)17-9-10-17)22(29)25-15-5-3-14(4-6-15)19-11-24-12-21(26-19)32-16-7-8-16/h3-6,11-13,16-18H,2,7-10H2,1H3,(H,25,29)(H,27,28). The van der Waals surface area contributed by atoms with Gasteiger partial charge in [0, 0.05) is 16.6 Å². The van der Waals surface area contributed by atoms with Crippen molar-refractivity contribution in [1.82, 2.24) is 15.0 Å². The number of nitrogens with one attached hydrogen (secondary N) is 2. The van der Waals surface area contributed by atoms with Gasteiger partial charge in [0.15, 0.2) is 5.13 Å². The van der Waals surface area contributed by atoms with Crippen LogP contribution in [0, 0.1) is 0 Å². The van der Waals surface area contributed by atoms with E-state index in [1.165, 1.54) is 11.3 Å². The topological polar surface area (TPSA) is 123 Å². The van der Waals surface area contributed by atoms with Crippen LogP contribution >= 0.6 is 11.3 Å². The summed E-state index contributed by atoms with van der Waals surface area (Å²) in [5, 5.41) is 4.63. The number of sulfonamides is 1. The van der Waals surface area contributed by atoms with Crippen LogP contribution in [-0.2, 0) is 14.8 Å². The van der Waals surface area contributed by atoms with E-state index < -0.39 is 15.9 Å². The lowest BCUT2D eigenvalue weighted by Crippen LogP contribution is -2.21. The third-order valence-corrected chi connectivity index (χ3v) is 8.40. The molecule has 3 aromatic rings. The molecule has 1 amide bonds. The van der Waals surface area contributed by atoms with Crippen molar-refractivity contribution >= 4 is 38.1 Å². The highest BCUT2D eigenvalue weighted by atomic mass is 32.2. The second-order valence-electron chi connectivity index (χ2n) is 8.51. The molecule has 2 heterocycles. The number of rotatable bonds is 10. The third kappa shape index (κ3) is 5.36. The number of benzene rings is 1. The van der Waals surface area contributed by atoms with Crippen molar-refractivity contribution in [2.24, 2.45) is 0 Å². The minimum atomic E-state index is -3.38. The summed E-state index contributed by atoms with van der Waals surface area (Å²) in [6, 6.07) is 7.36. The number of ether oxygens (including phenoxy) is 1. The molecule has 0 saturated heterocycles. The molecule has 1 atom stereocenters. The predicted molar refractivity (Wildman–Crippen MR) is 130 cm³/mol. The number of thiazole rings is 1. The monoisotopic (exact) mass is 499 g/mol. The molecule has 0 bridgehead atoms. The number of carbonyl (C=O) groups excluding carboxylic acids is 1. The Morgan fingerprint density at radius 1 is 1.15 bits per heavy atom. The molecule has 2 aliphatic rings. The normalized spacial score (nSPS) is 16.6. The number of aromatic nitrogens is 3. The molecule has 2 fully saturated rings. The molecule has 2 aromatic heterocycles. The van der Waals surface area contributed by atoms with Crippen molar-refractivity contribution < 1.29 is 17.9 Å². The van der Waals surface area contributed by atoms with E-state index in [0.29, 0.717) is 47.3 Å². The van der Waals surface area contributed by atoms with E-state index >= 15 is 0 Å². The highest BCUT2D eigenvalue weighted by molar-refractivity contribution is 7.93. The lowest BCUT2D eigenvalue weighted by molar-refractivity contribution is -0.117. The minimum absolute atomic E-state index is 0.197.